The van der Waals surface area contributed by atoms with E-state index in [4.69, 9.17) is 27.9 Å². The van der Waals surface area contributed by atoms with E-state index in [1.165, 1.54) is 6.92 Å². The van der Waals surface area contributed by atoms with Crippen molar-refractivity contribution in [2.75, 3.05) is 6.61 Å². The lowest BCUT2D eigenvalue weighted by Crippen LogP contribution is -2.51. The third-order valence-corrected chi connectivity index (χ3v) is 5.50. The maximum atomic E-state index is 12.4. The Hall–Kier alpha value is -1.63. The highest BCUT2D eigenvalue weighted by molar-refractivity contribution is 6.35. The van der Waals surface area contributed by atoms with Crippen molar-refractivity contribution in [3.05, 3.63) is 58.1 Å². The van der Waals surface area contributed by atoms with Gasteiger partial charge in [-0.3, -0.25) is 4.79 Å². The molecule has 1 aliphatic rings. The van der Waals surface area contributed by atoms with Gasteiger partial charge in [0.2, 0.25) is 5.91 Å². The highest BCUT2D eigenvalue weighted by Gasteiger charge is 2.30. The summed E-state index contributed by atoms with van der Waals surface area (Å²) in [5, 5.41) is 24.2. The van der Waals surface area contributed by atoms with Crippen molar-refractivity contribution in [3.8, 4) is 11.1 Å². The highest BCUT2D eigenvalue weighted by Crippen LogP contribution is 2.27. The third kappa shape index (κ3) is 5.93. The summed E-state index contributed by atoms with van der Waals surface area (Å²) < 4.78 is 5.41. The van der Waals surface area contributed by atoms with Crippen molar-refractivity contribution in [2.24, 2.45) is 0 Å². The van der Waals surface area contributed by atoms with Gasteiger partial charge in [0.05, 0.1) is 12.1 Å². The average molecular weight is 438 g/mol. The maximum absolute atomic E-state index is 12.4. The molecule has 4 atom stereocenters. The number of benzene rings is 2. The van der Waals surface area contributed by atoms with Gasteiger partial charge in [0, 0.05) is 16.7 Å². The Kier molecular flexibility index (Phi) is 7.55. The van der Waals surface area contributed by atoms with Gasteiger partial charge in [-0.2, -0.15) is 0 Å². The molecule has 1 fully saturated rings. The largest absolute Gasteiger partial charge is 0.391 e. The normalized spacial score (nSPS) is 19.6. The maximum Gasteiger partial charge on any atom is 0.249 e. The van der Waals surface area contributed by atoms with E-state index in [0.717, 1.165) is 23.1 Å². The molecule has 0 aromatic heterocycles. The van der Waals surface area contributed by atoms with Gasteiger partial charge in [-0.05, 0) is 61.1 Å². The summed E-state index contributed by atoms with van der Waals surface area (Å²) in [7, 11) is 0. The molecule has 2 aromatic rings. The SMILES string of the molecule is CC(O)C(O)C(Cc1ccc(-c2cc(Cl)cc(Cl)c2)cc1)NC(=O)[C@H]1CCCO1. The zero-order valence-electron chi connectivity index (χ0n) is 16.1. The number of carbonyl (C=O) groups is 1. The molecule has 0 radical (unpaired) electrons. The average Bonchev–Trinajstić information content (AvgIpc) is 3.21. The Morgan fingerprint density at radius 1 is 1.14 bits per heavy atom. The first-order valence-corrected chi connectivity index (χ1v) is 10.4. The summed E-state index contributed by atoms with van der Waals surface area (Å²) in [4.78, 5) is 12.4. The van der Waals surface area contributed by atoms with Gasteiger partial charge < -0.3 is 20.3 Å². The molecule has 3 rings (SSSR count). The predicted octanol–water partition coefficient (Wildman–Crippen LogP) is 3.61. The quantitative estimate of drug-likeness (QED) is 0.617. The number of aliphatic hydroxyl groups excluding tert-OH is 2. The van der Waals surface area contributed by atoms with Crippen LogP contribution >= 0.6 is 23.2 Å². The van der Waals surface area contributed by atoms with Crippen LogP contribution in [0.4, 0.5) is 0 Å². The molecule has 3 unspecified atom stereocenters. The number of nitrogens with one attached hydrogen (secondary N) is 1. The van der Waals surface area contributed by atoms with Crippen LogP contribution in [0.2, 0.25) is 10.0 Å². The fourth-order valence-corrected chi connectivity index (χ4v) is 3.99. The Labute approximate surface area is 180 Å². The van der Waals surface area contributed by atoms with Crippen LogP contribution in [0.1, 0.15) is 25.3 Å². The summed E-state index contributed by atoms with van der Waals surface area (Å²) >= 11 is 12.2. The second-order valence-electron chi connectivity index (χ2n) is 7.41. The van der Waals surface area contributed by atoms with Crippen molar-refractivity contribution in [1.29, 1.82) is 0 Å². The highest BCUT2D eigenvalue weighted by atomic mass is 35.5. The van der Waals surface area contributed by atoms with Crippen LogP contribution in [0.3, 0.4) is 0 Å². The molecule has 1 heterocycles. The molecule has 1 saturated heterocycles. The van der Waals surface area contributed by atoms with Gasteiger partial charge in [-0.25, -0.2) is 0 Å². The van der Waals surface area contributed by atoms with Crippen LogP contribution in [0.15, 0.2) is 42.5 Å². The number of aliphatic hydroxyl groups is 2. The van der Waals surface area contributed by atoms with E-state index in [1.54, 1.807) is 6.07 Å². The van der Waals surface area contributed by atoms with Gasteiger partial charge in [-0.15, -0.1) is 0 Å². The second kappa shape index (κ2) is 9.92. The molecule has 156 valence electrons. The number of hydrogen-bond acceptors (Lipinski definition) is 4. The summed E-state index contributed by atoms with van der Waals surface area (Å²) in [6.07, 6.45) is -0.670. The van der Waals surface area contributed by atoms with Crippen molar-refractivity contribution >= 4 is 29.1 Å². The molecule has 0 saturated carbocycles. The molecule has 0 spiro atoms. The summed E-state index contributed by atoms with van der Waals surface area (Å²) in [5.74, 6) is -0.252. The first-order valence-electron chi connectivity index (χ1n) is 9.67. The third-order valence-electron chi connectivity index (χ3n) is 5.06. The summed E-state index contributed by atoms with van der Waals surface area (Å²) in [5.41, 5.74) is 2.77. The summed E-state index contributed by atoms with van der Waals surface area (Å²) in [6.45, 7) is 2.07. The molecular formula is C22H25Cl2NO4. The first-order chi connectivity index (χ1) is 13.8. The predicted molar refractivity (Wildman–Crippen MR) is 114 cm³/mol. The molecule has 0 bridgehead atoms. The van der Waals surface area contributed by atoms with Crippen molar-refractivity contribution in [2.45, 2.75) is 50.5 Å². The molecule has 1 amide bonds. The van der Waals surface area contributed by atoms with Crippen LogP contribution in [-0.2, 0) is 16.0 Å². The number of amides is 1. The lowest BCUT2D eigenvalue weighted by Gasteiger charge is -2.27. The molecule has 5 nitrogen and oxygen atoms in total. The molecule has 0 aliphatic carbocycles. The zero-order chi connectivity index (χ0) is 21.0. The fraction of sp³-hybridized carbons (Fsp3) is 0.409. The Morgan fingerprint density at radius 3 is 2.34 bits per heavy atom. The molecule has 3 N–H and O–H groups in total. The Balaban J connectivity index is 1.73. The van der Waals surface area contributed by atoms with Crippen molar-refractivity contribution in [1.82, 2.24) is 5.32 Å². The minimum absolute atomic E-state index is 0.252. The van der Waals surface area contributed by atoms with Gasteiger partial charge in [0.1, 0.15) is 12.2 Å². The van der Waals surface area contributed by atoms with E-state index >= 15 is 0 Å². The van der Waals surface area contributed by atoms with Gasteiger partial charge >= 0.3 is 0 Å². The number of halogens is 2. The minimum Gasteiger partial charge on any atom is -0.391 e. The molecule has 2 aromatic carbocycles. The Morgan fingerprint density at radius 2 is 1.79 bits per heavy atom. The van der Waals surface area contributed by atoms with Gasteiger partial charge in [0.15, 0.2) is 0 Å². The number of carbonyl (C=O) groups excluding carboxylic acids is 1. The van der Waals surface area contributed by atoms with Crippen molar-refractivity contribution < 1.29 is 19.7 Å². The molecule has 7 heteroatoms. The van der Waals surface area contributed by atoms with Gasteiger partial charge in [0.25, 0.3) is 0 Å². The van der Waals surface area contributed by atoms with E-state index in [-0.39, 0.29) is 5.91 Å². The number of ether oxygens (including phenoxy) is 1. The number of hydrogen-bond donors (Lipinski definition) is 3. The lowest BCUT2D eigenvalue weighted by molar-refractivity contribution is -0.132. The lowest BCUT2D eigenvalue weighted by atomic mass is 9.96. The molecule has 29 heavy (non-hydrogen) atoms. The van der Waals surface area contributed by atoms with Crippen LogP contribution in [0.5, 0.6) is 0 Å². The molecular weight excluding hydrogens is 413 g/mol. The zero-order valence-corrected chi connectivity index (χ0v) is 17.7. The van der Waals surface area contributed by atoms with Crippen LogP contribution in [0.25, 0.3) is 11.1 Å². The van der Waals surface area contributed by atoms with E-state index in [0.29, 0.717) is 29.5 Å². The second-order valence-corrected chi connectivity index (χ2v) is 8.28. The van der Waals surface area contributed by atoms with E-state index in [9.17, 15) is 15.0 Å². The Bertz CT molecular complexity index is 815. The van der Waals surface area contributed by atoms with E-state index < -0.39 is 24.4 Å². The monoisotopic (exact) mass is 437 g/mol. The first kappa shape index (κ1) is 22.1. The van der Waals surface area contributed by atoms with Gasteiger partial charge in [-0.1, -0.05) is 47.5 Å². The van der Waals surface area contributed by atoms with E-state index in [2.05, 4.69) is 5.32 Å². The van der Waals surface area contributed by atoms with Crippen LogP contribution < -0.4 is 5.32 Å². The molecule has 1 aliphatic heterocycles. The van der Waals surface area contributed by atoms with Crippen LogP contribution in [0, 0.1) is 0 Å². The topological polar surface area (TPSA) is 78.8 Å². The minimum atomic E-state index is -1.09. The number of rotatable bonds is 7. The van der Waals surface area contributed by atoms with E-state index in [1.807, 2.05) is 36.4 Å². The van der Waals surface area contributed by atoms with Crippen molar-refractivity contribution in [3.63, 3.8) is 0 Å². The summed E-state index contributed by atoms with van der Waals surface area (Å²) in [6, 6.07) is 12.4. The van der Waals surface area contributed by atoms with Crippen LogP contribution in [-0.4, -0.2) is 47.1 Å². The fourth-order valence-electron chi connectivity index (χ4n) is 3.46. The smallest absolute Gasteiger partial charge is 0.249 e. The standard InChI is InChI=1S/C22H25Cl2NO4/c1-13(26)21(27)19(25-22(28)20-3-2-8-29-20)9-14-4-6-15(7-5-14)16-10-17(23)12-18(24)11-16/h4-7,10-13,19-21,26-27H,2-3,8-9H2,1H3,(H,25,28)/t13?,19?,20-,21?/m1/s1.